The third-order valence-electron chi connectivity index (χ3n) is 0.231. The fourth-order valence-corrected chi connectivity index (χ4v) is 0. The Bertz CT molecular complexity index is 154. The third-order valence-corrected chi connectivity index (χ3v) is 0.231. The Kier molecular flexibility index (Phi) is 17.8. The Labute approximate surface area is 95.8 Å². The summed E-state index contributed by atoms with van der Waals surface area (Å²) in [7, 11) is 0. The molecule has 0 saturated carbocycles. The van der Waals surface area contributed by atoms with Gasteiger partial charge in [0, 0.05) is 5.97 Å². The fraction of sp³-hybridized carbons (Fsp3) is 0.500. The summed E-state index contributed by atoms with van der Waals surface area (Å²) in [6, 6.07) is 0. The van der Waals surface area contributed by atoms with E-state index in [1.165, 1.54) is 0 Å². The molecule has 0 aliphatic rings. The van der Waals surface area contributed by atoms with Crippen molar-refractivity contribution in [1.82, 2.24) is 0 Å². The molecular formula is C4H3F3Li2O4. The Hall–Kier alpha value is -0.0752. The minimum absolute atomic E-state index is 0. The van der Waals surface area contributed by atoms with Crippen LogP contribution >= 0.6 is 0 Å². The molecule has 0 atom stereocenters. The van der Waals surface area contributed by atoms with Gasteiger partial charge in [-0.3, -0.25) is 0 Å². The predicted molar refractivity (Wildman–Crippen MR) is 21.7 cm³/mol. The Balaban J connectivity index is -0.0000000600. The molecule has 0 radical (unpaired) electrons. The third kappa shape index (κ3) is 33.5. The summed E-state index contributed by atoms with van der Waals surface area (Å²) in [4.78, 5) is 17.7. The molecule has 0 fully saturated rings. The summed E-state index contributed by atoms with van der Waals surface area (Å²) < 4.78 is 31.5. The van der Waals surface area contributed by atoms with E-state index >= 15 is 0 Å². The molecule has 0 aromatic rings. The van der Waals surface area contributed by atoms with Crippen LogP contribution in [0.25, 0.3) is 0 Å². The van der Waals surface area contributed by atoms with Gasteiger partial charge in [0.1, 0.15) is 5.97 Å². The van der Waals surface area contributed by atoms with Crippen LogP contribution in [0.5, 0.6) is 0 Å². The fourth-order valence-electron chi connectivity index (χ4n) is 0. The maximum atomic E-state index is 10.5. The molecule has 0 rings (SSSR count). The van der Waals surface area contributed by atoms with Crippen LogP contribution in [0, 0.1) is 0 Å². The van der Waals surface area contributed by atoms with E-state index in [-0.39, 0.29) is 37.7 Å². The van der Waals surface area contributed by atoms with E-state index in [9.17, 15) is 13.2 Å². The number of carbonyl (C=O) groups is 2. The molecule has 0 unspecified atom stereocenters. The van der Waals surface area contributed by atoms with Gasteiger partial charge in [0.05, 0.1) is 0 Å². The van der Waals surface area contributed by atoms with E-state index in [4.69, 9.17) is 19.8 Å². The van der Waals surface area contributed by atoms with E-state index in [0.717, 1.165) is 6.92 Å². The molecular weight excluding hydrogens is 183 g/mol. The Morgan fingerprint density at radius 1 is 1.08 bits per heavy atom. The van der Waals surface area contributed by atoms with Gasteiger partial charge in [0.25, 0.3) is 0 Å². The molecule has 66 valence electrons. The average molecular weight is 186 g/mol. The van der Waals surface area contributed by atoms with Crippen LogP contribution in [0.3, 0.4) is 0 Å². The molecule has 0 saturated heterocycles. The molecule has 4 nitrogen and oxygen atoms in total. The van der Waals surface area contributed by atoms with Crippen molar-refractivity contribution in [2.75, 3.05) is 0 Å². The Morgan fingerprint density at radius 3 is 1.15 bits per heavy atom. The van der Waals surface area contributed by atoms with E-state index < -0.39 is 18.1 Å². The van der Waals surface area contributed by atoms with Gasteiger partial charge in [-0.2, -0.15) is 13.2 Å². The van der Waals surface area contributed by atoms with Gasteiger partial charge in [0.2, 0.25) is 0 Å². The SMILES string of the molecule is CC(=O)[O-].O=C([O-])C(F)(F)F.[Li+].[Li+]. The second-order valence-corrected chi connectivity index (χ2v) is 1.28. The van der Waals surface area contributed by atoms with Crippen molar-refractivity contribution in [1.29, 1.82) is 0 Å². The standard InChI is InChI=1S/C2HF3O2.C2H4O2.2Li/c3-2(4,5)1(6)7;1-2(3)4;;/h(H,6,7);1H3,(H,3,4);;/q;;2*+1/p-2. The van der Waals surface area contributed by atoms with Crippen molar-refractivity contribution in [3.05, 3.63) is 0 Å². The summed E-state index contributed by atoms with van der Waals surface area (Å²) in [6.45, 7) is 0.972. The van der Waals surface area contributed by atoms with Gasteiger partial charge in [-0.25, -0.2) is 0 Å². The van der Waals surface area contributed by atoms with E-state index in [1.807, 2.05) is 0 Å². The minimum atomic E-state index is -5.19. The molecule has 0 aliphatic heterocycles. The molecule has 0 spiro atoms. The largest absolute Gasteiger partial charge is 1.00 e. The first-order valence-electron chi connectivity index (χ1n) is 2.13. The number of halogens is 3. The van der Waals surface area contributed by atoms with Gasteiger partial charge in [-0.15, -0.1) is 0 Å². The van der Waals surface area contributed by atoms with Crippen LogP contribution < -0.4 is 47.9 Å². The number of hydrogen-bond donors (Lipinski definition) is 0. The average Bonchev–Trinajstić information content (AvgIpc) is 1.59. The number of hydrogen-bond acceptors (Lipinski definition) is 4. The predicted octanol–water partition coefficient (Wildman–Crippen LogP) is -7.94. The molecule has 9 heteroatoms. The van der Waals surface area contributed by atoms with Crippen molar-refractivity contribution in [3.8, 4) is 0 Å². The van der Waals surface area contributed by atoms with Crippen LogP contribution in [-0.4, -0.2) is 18.1 Å². The molecule has 13 heavy (non-hydrogen) atoms. The number of carboxylic acid groups (broad SMARTS) is 2. The number of carbonyl (C=O) groups excluding carboxylic acids is 2. The minimum Gasteiger partial charge on any atom is -0.550 e. The monoisotopic (exact) mass is 186 g/mol. The molecule has 0 N–H and O–H groups in total. The summed E-state index contributed by atoms with van der Waals surface area (Å²) in [5.74, 6) is -4.09. The van der Waals surface area contributed by atoms with Crippen molar-refractivity contribution in [2.24, 2.45) is 0 Å². The van der Waals surface area contributed by atoms with Crippen molar-refractivity contribution >= 4 is 11.9 Å². The first-order chi connectivity index (χ1) is 4.68. The maximum Gasteiger partial charge on any atom is 1.00 e. The number of aliphatic carboxylic acids is 2. The Morgan fingerprint density at radius 2 is 1.15 bits per heavy atom. The van der Waals surface area contributed by atoms with Crippen molar-refractivity contribution in [2.45, 2.75) is 13.1 Å². The second kappa shape index (κ2) is 10.0. The van der Waals surface area contributed by atoms with Gasteiger partial charge in [0.15, 0.2) is 0 Å². The van der Waals surface area contributed by atoms with E-state index in [0.29, 0.717) is 0 Å². The molecule has 0 aromatic heterocycles. The molecule has 0 bridgehead atoms. The van der Waals surface area contributed by atoms with Gasteiger partial charge < -0.3 is 19.8 Å². The van der Waals surface area contributed by atoms with E-state index in [2.05, 4.69) is 0 Å². The molecule has 0 amide bonds. The normalized spacial score (nSPS) is 8.00. The van der Waals surface area contributed by atoms with Gasteiger partial charge >= 0.3 is 43.9 Å². The quantitative estimate of drug-likeness (QED) is 0.352. The topological polar surface area (TPSA) is 80.3 Å². The number of rotatable bonds is 0. The summed E-state index contributed by atoms with van der Waals surface area (Å²) in [5.41, 5.74) is 0. The summed E-state index contributed by atoms with van der Waals surface area (Å²) >= 11 is 0. The molecule has 0 aromatic carbocycles. The van der Waals surface area contributed by atoms with Crippen LogP contribution in [0.1, 0.15) is 6.92 Å². The van der Waals surface area contributed by atoms with Crippen molar-refractivity contribution in [3.63, 3.8) is 0 Å². The molecule has 0 heterocycles. The zero-order valence-corrected chi connectivity index (χ0v) is 7.27. The summed E-state index contributed by atoms with van der Waals surface area (Å²) in [5, 5.41) is 17.7. The first kappa shape index (κ1) is 23.1. The van der Waals surface area contributed by atoms with Crippen molar-refractivity contribution < 1.29 is 70.7 Å². The zero-order valence-electron chi connectivity index (χ0n) is 7.27. The maximum absolute atomic E-state index is 10.5. The van der Waals surface area contributed by atoms with Gasteiger partial charge in [-0.1, -0.05) is 0 Å². The van der Waals surface area contributed by atoms with Gasteiger partial charge in [-0.05, 0) is 6.92 Å². The number of carboxylic acids is 2. The van der Waals surface area contributed by atoms with Crippen LogP contribution in [0.4, 0.5) is 13.2 Å². The van der Waals surface area contributed by atoms with Crippen LogP contribution in [0.2, 0.25) is 0 Å². The number of alkyl halides is 3. The first-order valence-corrected chi connectivity index (χ1v) is 2.13. The van der Waals surface area contributed by atoms with Crippen LogP contribution in [-0.2, 0) is 9.59 Å². The van der Waals surface area contributed by atoms with Crippen LogP contribution in [0.15, 0.2) is 0 Å². The smallest absolute Gasteiger partial charge is 0.550 e. The molecule has 0 aliphatic carbocycles. The zero-order chi connectivity index (χ0) is 9.65. The van der Waals surface area contributed by atoms with E-state index in [1.54, 1.807) is 0 Å². The second-order valence-electron chi connectivity index (χ2n) is 1.28. The summed E-state index contributed by atoms with van der Waals surface area (Å²) in [6.07, 6.45) is -5.19.